The molecule has 0 amide bonds. The van der Waals surface area contributed by atoms with Crippen LogP contribution in [0.4, 0.5) is 0 Å². The van der Waals surface area contributed by atoms with Gasteiger partial charge in [0, 0.05) is 11.3 Å². The monoisotopic (exact) mass is 197 g/mol. The Balaban J connectivity index is 3.36. The molecule has 0 fully saturated rings. The molecule has 1 heterocycles. The number of H-pyrrole nitrogens is 2. The number of nitrogens with one attached hydrogen (secondary N) is 2. The molecule has 0 atom stereocenters. The van der Waals surface area contributed by atoms with Crippen LogP contribution in [-0.4, -0.2) is 16.5 Å². The number of hydrogen-bond acceptors (Lipinski definition) is 3. The maximum atomic E-state index is 11.4. The Labute approximate surface area is 81.4 Å². The lowest BCUT2D eigenvalue weighted by molar-refractivity contribution is 0.757. The predicted molar refractivity (Wildman–Crippen MR) is 54.5 cm³/mol. The molecule has 4 N–H and O–H groups in total. The van der Waals surface area contributed by atoms with Gasteiger partial charge in [0.2, 0.25) is 0 Å². The molecule has 1 aromatic rings. The van der Waals surface area contributed by atoms with Crippen molar-refractivity contribution in [2.45, 2.75) is 26.2 Å². The SMILES string of the molecule is CC(C)c1[nH]c(=O)[nH]c(=O)c1CCN. The van der Waals surface area contributed by atoms with Gasteiger partial charge in [-0.1, -0.05) is 13.8 Å². The van der Waals surface area contributed by atoms with E-state index in [2.05, 4.69) is 9.97 Å². The van der Waals surface area contributed by atoms with Crippen molar-refractivity contribution in [3.8, 4) is 0 Å². The summed E-state index contributed by atoms with van der Waals surface area (Å²) in [5, 5.41) is 0. The molecule has 0 bridgehead atoms. The van der Waals surface area contributed by atoms with Gasteiger partial charge in [-0.3, -0.25) is 9.78 Å². The lowest BCUT2D eigenvalue weighted by atomic mass is 10.0. The highest BCUT2D eigenvalue weighted by Crippen LogP contribution is 2.11. The van der Waals surface area contributed by atoms with Crippen molar-refractivity contribution in [2.75, 3.05) is 6.54 Å². The minimum atomic E-state index is -0.459. The first-order valence-electron chi connectivity index (χ1n) is 4.61. The fourth-order valence-corrected chi connectivity index (χ4v) is 1.42. The molecule has 0 saturated carbocycles. The molecule has 0 unspecified atom stereocenters. The zero-order valence-corrected chi connectivity index (χ0v) is 8.39. The summed E-state index contributed by atoms with van der Waals surface area (Å²) in [7, 11) is 0. The molecule has 5 heteroatoms. The normalized spacial score (nSPS) is 10.9. The van der Waals surface area contributed by atoms with Gasteiger partial charge in [0.25, 0.3) is 5.56 Å². The largest absolute Gasteiger partial charge is 0.330 e. The predicted octanol–water partition coefficient (Wildman–Crippen LogP) is -0.312. The molecule has 0 radical (unpaired) electrons. The summed E-state index contributed by atoms with van der Waals surface area (Å²) in [4.78, 5) is 27.3. The summed E-state index contributed by atoms with van der Waals surface area (Å²) in [6.07, 6.45) is 0.486. The molecule has 0 aliphatic heterocycles. The lowest BCUT2D eigenvalue weighted by Crippen LogP contribution is -2.29. The van der Waals surface area contributed by atoms with Crippen molar-refractivity contribution in [3.05, 3.63) is 32.1 Å². The Bertz CT molecular complexity index is 417. The van der Waals surface area contributed by atoms with Crippen LogP contribution in [0.3, 0.4) is 0 Å². The Morgan fingerprint density at radius 1 is 1.29 bits per heavy atom. The Morgan fingerprint density at radius 3 is 2.43 bits per heavy atom. The third kappa shape index (κ3) is 2.11. The average Bonchev–Trinajstić information content (AvgIpc) is 2.09. The molecule has 0 aliphatic carbocycles. The molecule has 0 saturated heterocycles. The van der Waals surface area contributed by atoms with Crippen LogP contribution in [0.2, 0.25) is 0 Å². The summed E-state index contributed by atoms with van der Waals surface area (Å²) in [5.41, 5.74) is 5.87. The Hall–Kier alpha value is -1.36. The average molecular weight is 197 g/mol. The molecule has 1 rings (SSSR count). The van der Waals surface area contributed by atoms with Crippen molar-refractivity contribution in [1.82, 2.24) is 9.97 Å². The summed E-state index contributed by atoms with van der Waals surface area (Å²) in [5.74, 6) is 0.117. The molecule has 5 nitrogen and oxygen atoms in total. The van der Waals surface area contributed by atoms with Crippen LogP contribution in [-0.2, 0) is 6.42 Å². The topological polar surface area (TPSA) is 91.7 Å². The van der Waals surface area contributed by atoms with Crippen LogP contribution in [0.5, 0.6) is 0 Å². The van der Waals surface area contributed by atoms with Gasteiger partial charge in [-0.05, 0) is 18.9 Å². The molecule has 14 heavy (non-hydrogen) atoms. The fraction of sp³-hybridized carbons (Fsp3) is 0.556. The second-order valence-electron chi connectivity index (χ2n) is 3.49. The van der Waals surface area contributed by atoms with E-state index in [0.29, 0.717) is 24.2 Å². The zero-order valence-electron chi connectivity index (χ0n) is 8.39. The van der Waals surface area contributed by atoms with Gasteiger partial charge in [-0.15, -0.1) is 0 Å². The first-order chi connectivity index (χ1) is 6.56. The van der Waals surface area contributed by atoms with Gasteiger partial charge in [0.15, 0.2) is 0 Å². The standard InChI is InChI=1S/C9H15N3O2/c1-5(2)7-6(3-4-10)8(13)12-9(14)11-7/h5H,3-4,10H2,1-2H3,(H2,11,12,13,14). The molecule has 0 aliphatic rings. The van der Waals surface area contributed by atoms with Gasteiger partial charge in [0.05, 0.1) is 0 Å². The third-order valence-corrected chi connectivity index (χ3v) is 2.05. The summed E-state index contributed by atoms with van der Waals surface area (Å²) >= 11 is 0. The quantitative estimate of drug-likeness (QED) is 0.620. The van der Waals surface area contributed by atoms with E-state index in [-0.39, 0.29) is 11.5 Å². The summed E-state index contributed by atoms with van der Waals surface area (Å²) in [6.45, 7) is 4.24. The molecule has 1 aromatic heterocycles. The number of nitrogens with two attached hydrogens (primary N) is 1. The van der Waals surface area contributed by atoms with Crippen molar-refractivity contribution in [2.24, 2.45) is 5.73 Å². The van der Waals surface area contributed by atoms with Crippen LogP contribution in [0.25, 0.3) is 0 Å². The number of aromatic amines is 2. The molecular formula is C9H15N3O2. The zero-order chi connectivity index (χ0) is 10.7. The van der Waals surface area contributed by atoms with E-state index in [0.717, 1.165) is 0 Å². The summed E-state index contributed by atoms with van der Waals surface area (Å²) < 4.78 is 0. The number of hydrogen-bond donors (Lipinski definition) is 3. The van der Waals surface area contributed by atoms with Crippen molar-refractivity contribution in [3.63, 3.8) is 0 Å². The molecule has 0 spiro atoms. The van der Waals surface area contributed by atoms with Crippen LogP contribution in [0, 0.1) is 0 Å². The molecular weight excluding hydrogens is 182 g/mol. The van der Waals surface area contributed by atoms with Crippen LogP contribution >= 0.6 is 0 Å². The summed E-state index contributed by atoms with van der Waals surface area (Å²) in [6, 6.07) is 0. The highest BCUT2D eigenvalue weighted by atomic mass is 16.2. The fourth-order valence-electron chi connectivity index (χ4n) is 1.42. The minimum absolute atomic E-state index is 0.117. The van der Waals surface area contributed by atoms with E-state index < -0.39 is 5.69 Å². The maximum absolute atomic E-state index is 11.4. The minimum Gasteiger partial charge on any atom is -0.330 e. The van der Waals surface area contributed by atoms with Crippen LogP contribution in [0.1, 0.15) is 31.0 Å². The third-order valence-electron chi connectivity index (χ3n) is 2.05. The van der Waals surface area contributed by atoms with E-state index in [1.165, 1.54) is 0 Å². The molecule has 78 valence electrons. The van der Waals surface area contributed by atoms with Gasteiger partial charge in [-0.25, -0.2) is 4.79 Å². The smallest absolute Gasteiger partial charge is 0.325 e. The number of aromatic nitrogens is 2. The van der Waals surface area contributed by atoms with Crippen molar-refractivity contribution >= 4 is 0 Å². The Kier molecular flexibility index (Phi) is 3.24. The first-order valence-corrected chi connectivity index (χ1v) is 4.61. The maximum Gasteiger partial charge on any atom is 0.325 e. The van der Waals surface area contributed by atoms with E-state index in [9.17, 15) is 9.59 Å². The van der Waals surface area contributed by atoms with Crippen molar-refractivity contribution in [1.29, 1.82) is 0 Å². The van der Waals surface area contributed by atoms with Crippen LogP contribution in [0.15, 0.2) is 9.59 Å². The number of rotatable bonds is 3. The van der Waals surface area contributed by atoms with Crippen LogP contribution < -0.4 is 17.0 Å². The van der Waals surface area contributed by atoms with E-state index >= 15 is 0 Å². The van der Waals surface area contributed by atoms with E-state index in [4.69, 9.17) is 5.73 Å². The van der Waals surface area contributed by atoms with E-state index in [1.807, 2.05) is 13.8 Å². The van der Waals surface area contributed by atoms with Gasteiger partial charge < -0.3 is 10.7 Å². The highest BCUT2D eigenvalue weighted by molar-refractivity contribution is 5.19. The Morgan fingerprint density at radius 2 is 1.93 bits per heavy atom. The van der Waals surface area contributed by atoms with Crippen molar-refractivity contribution < 1.29 is 0 Å². The highest BCUT2D eigenvalue weighted by Gasteiger charge is 2.11. The molecule has 0 aromatic carbocycles. The first kappa shape index (κ1) is 10.7. The van der Waals surface area contributed by atoms with Gasteiger partial charge in [-0.2, -0.15) is 0 Å². The van der Waals surface area contributed by atoms with Gasteiger partial charge in [0.1, 0.15) is 0 Å². The van der Waals surface area contributed by atoms with Gasteiger partial charge >= 0.3 is 5.69 Å². The van der Waals surface area contributed by atoms with E-state index in [1.54, 1.807) is 0 Å². The second-order valence-corrected chi connectivity index (χ2v) is 3.49. The lowest BCUT2D eigenvalue weighted by Gasteiger charge is -2.09. The second kappa shape index (κ2) is 4.23.